The van der Waals surface area contributed by atoms with Crippen LogP contribution in [0.3, 0.4) is 0 Å². The lowest BCUT2D eigenvalue weighted by molar-refractivity contribution is -0.116. The SMILES string of the molecule is Cn1nccc1C=CC(=O)NCC1CCCCC1CO. The van der Waals surface area contributed by atoms with Crippen molar-refractivity contribution in [3.8, 4) is 0 Å². The van der Waals surface area contributed by atoms with Gasteiger partial charge >= 0.3 is 0 Å². The van der Waals surface area contributed by atoms with E-state index in [0.717, 1.165) is 18.5 Å². The summed E-state index contributed by atoms with van der Waals surface area (Å²) in [4.78, 5) is 11.8. The highest BCUT2D eigenvalue weighted by atomic mass is 16.3. The second-order valence-electron chi connectivity index (χ2n) is 5.45. The van der Waals surface area contributed by atoms with Crippen LogP contribution >= 0.6 is 0 Å². The van der Waals surface area contributed by atoms with Crippen LogP contribution in [-0.2, 0) is 11.8 Å². The van der Waals surface area contributed by atoms with Crippen molar-refractivity contribution < 1.29 is 9.90 Å². The number of carbonyl (C=O) groups excluding carboxylic acids is 1. The zero-order valence-corrected chi connectivity index (χ0v) is 12.0. The molecule has 110 valence electrons. The molecule has 0 aromatic carbocycles. The Bertz CT molecular complexity index is 467. The van der Waals surface area contributed by atoms with Gasteiger partial charge in [-0.1, -0.05) is 12.8 Å². The van der Waals surface area contributed by atoms with E-state index in [1.54, 1.807) is 17.0 Å². The summed E-state index contributed by atoms with van der Waals surface area (Å²) in [6, 6.07) is 1.85. The highest BCUT2D eigenvalue weighted by Gasteiger charge is 2.24. The number of hydrogen-bond donors (Lipinski definition) is 2. The molecule has 1 fully saturated rings. The summed E-state index contributed by atoms with van der Waals surface area (Å²) in [6.45, 7) is 0.880. The fraction of sp³-hybridized carbons (Fsp3) is 0.600. The summed E-state index contributed by atoms with van der Waals surface area (Å²) in [5, 5.41) is 16.3. The van der Waals surface area contributed by atoms with Gasteiger partial charge in [0.25, 0.3) is 0 Å². The molecule has 1 heterocycles. The molecule has 2 N–H and O–H groups in total. The fourth-order valence-electron chi connectivity index (χ4n) is 2.79. The minimum Gasteiger partial charge on any atom is -0.396 e. The topological polar surface area (TPSA) is 67.2 Å². The van der Waals surface area contributed by atoms with Crippen LogP contribution in [0.5, 0.6) is 0 Å². The van der Waals surface area contributed by atoms with Crippen molar-refractivity contribution in [3.05, 3.63) is 24.0 Å². The molecule has 1 aromatic rings. The zero-order chi connectivity index (χ0) is 14.4. The van der Waals surface area contributed by atoms with Crippen molar-refractivity contribution >= 4 is 12.0 Å². The lowest BCUT2D eigenvalue weighted by atomic mass is 9.79. The first-order valence-corrected chi connectivity index (χ1v) is 7.25. The molecule has 0 saturated heterocycles. The molecule has 20 heavy (non-hydrogen) atoms. The molecule has 0 spiro atoms. The van der Waals surface area contributed by atoms with Gasteiger partial charge in [0.15, 0.2) is 0 Å². The van der Waals surface area contributed by atoms with E-state index in [-0.39, 0.29) is 12.5 Å². The van der Waals surface area contributed by atoms with Gasteiger partial charge in [-0.2, -0.15) is 5.10 Å². The van der Waals surface area contributed by atoms with E-state index in [0.29, 0.717) is 18.4 Å². The zero-order valence-electron chi connectivity index (χ0n) is 12.0. The Morgan fingerprint density at radius 2 is 2.25 bits per heavy atom. The van der Waals surface area contributed by atoms with Crippen LogP contribution in [0.15, 0.2) is 18.3 Å². The van der Waals surface area contributed by atoms with Crippen molar-refractivity contribution in [1.29, 1.82) is 0 Å². The molecular formula is C15H23N3O2. The van der Waals surface area contributed by atoms with E-state index in [1.807, 2.05) is 13.1 Å². The lowest BCUT2D eigenvalue weighted by Gasteiger charge is -2.30. The van der Waals surface area contributed by atoms with Crippen molar-refractivity contribution in [2.45, 2.75) is 25.7 Å². The average molecular weight is 277 g/mol. The second-order valence-corrected chi connectivity index (χ2v) is 5.45. The first-order valence-electron chi connectivity index (χ1n) is 7.25. The number of hydrogen-bond acceptors (Lipinski definition) is 3. The van der Waals surface area contributed by atoms with Crippen LogP contribution in [-0.4, -0.2) is 33.9 Å². The van der Waals surface area contributed by atoms with Gasteiger partial charge < -0.3 is 10.4 Å². The average Bonchev–Trinajstić information content (AvgIpc) is 2.88. The Morgan fingerprint density at radius 3 is 2.90 bits per heavy atom. The van der Waals surface area contributed by atoms with E-state index in [9.17, 15) is 9.90 Å². The number of nitrogens with one attached hydrogen (secondary N) is 1. The van der Waals surface area contributed by atoms with Crippen LogP contribution in [0.4, 0.5) is 0 Å². The van der Waals surface area contributed by atoms with Gasteiger partial charge in [0, 0.05) is 32.5 Å². The van der Waals surface area contributed by atoms with Gasteiger partial charge in [-0.25, -0.2) is 0 Å². The van der Waals surface area contributed by atoms with Crippen LogP contribution in [0.2, 0.25) is 0 Å². The van der Waals surface area contributed by atoms with Gasteiger partial charge in [-0.05, 0) is 36.8 Å². The smallest absolute Gasteiger partial charge is 0.244 e. The molecule has 5 heteroatoms. The molecule has 0 aliphatic heterocycles. The monoisotopic (exact) mass is 277 g/mol. The summed E-state index contributed by atoms with van der Waals surface area (Å²) < 4.78 is 1.71. The molecule has 2 rings (SSSR count). The Balaban J connectivity index is 1.80. The van der Waals surface area contributed by atoms with E-state index in [2.05, 4.69) is 10.4 Å². The summed E-state index contributed by atoms with van der Waals surface area (Å²) in [5.74, 6) is 0.654. The number of carbonyl (C=O) groups is 1. The molecule has 1 saturated carbocycles. The number of aromatic nitrogens is 2. The van der Waals surface area contributed by atoms with E-state index in [1.165, 1.54) is 18.9 Å². The minimum atomic E-state index is -0.0894. The van der Waals surface area contributed by atoms with Crippen molar-refractivity contribution in [2.75, 3.05) is 13.2 Å². The molecule has 5 nitrogen and oxygen atoms in total. The van der Waals surface area contributed by atoms with Gasteiger partial charge in [0.2, 0.25) is 5.91 Å². The number of rotatable bonds is 5. The second kappa shape index (κ2) is 7.24. The number of amides is 1. The molecule has 1 aromatic heterocycles. The van der Waals surface area contributed by atoms with Crippen molar-refractivity contribution in [3.63, 3.8) is 0 Å². The minimum absolute atomic E-state index is 0.0894. The Hall–Kier alpha value is -1.62. The maximum Gasteiger partial charge on any atom is 0.244 e. The van der Waals surface area contributed by atoms with Crippen LogP contribution in [0, 0.1) is 11.8 Å². The van der Waals surface area contributed by atoms with Gasteiger partial charge in [0.1, 0.15) is 0 Å². The van der Waals surface area contributed by atoms with Gasteiger partial charge in [-0.3, -0.25) is 9.48 Å². The fourth-order valence-corrected chi connectivity index (χ4v) is 2.79. The predicted molar refractivity (Wildman–Crippen MR) is 77.8 cm³/mol. The quantitative estimate of drug-likeness (QED) is 0.798. The number of aliphatic hydroxyl groups excluding tert-OH is 1. The number of aliphatic hydroxyl groups is 1. The third kappa shape index (κ3) is 3.93. The molecular weight excluding hydrogens is 254 g/mol. The maximum absolute atomic E-state index is 11.8. The summed E-state index contributed by atoms with van der Waals surface area (Å²) in [6.07, 6.45) is 9.54. The predicted octanol–water partition coefficient (Wildman–Crippen LogP) is 1.35. The molecule has 2 atom stereocenters. The van der Waals surface area contributed by atoms with Crippen molar-refractivity contribution in [1.82, 2.24) is 15.1 Å². The highest BCUT2D eigenvalue weighted by molar-refractivity contribution is 5.91. The van der Waals surface area contributed by atoms with E-state index < -0.39 is 0 Å². The first-order chi connectivity index (χ1) is 9.70. The number of nitrogens with zero attached hydrogens (tertiary/aromatic N) is 2. The Kier molecular flexibility index (Phi) is 5.35. The highest BCUT2D eigenvalue weighted by Crippen LogP contribution is 2.28. The molecule has 0 radical (unpaired) electrons. The summed E-state index contributed by atoms with van der Waals surface area (Å²) in [5.41, 5.74) is 0.894. The Morgan fingerprint density at radius 1 is 1.50 bits per heavy atom. The van der Waals surface area contributed by atoms with Gasteiger partial charge in [0.05, 0.1) is 5.69 Å². The third-order valence-electron chi connectivity index (χ3n) is 4.10. The van der Waals surface area contributed by atoms with Crippen molar-refractivity contribution in [2.24, 2.45) is 18.9 Å². The summed E-state index contributed by atoms with van der Waals surface area (Å²) >= 11 is 0. The molecule has 1 amide bonds. The largest absolute Gasteiger partial charge is 0.396 e. The molecule has 1 aliphatic carbocycles. The summed E-state index contributed by atoms with van der Waals surface area (Å²) in [7, 11) is 1.84. The van der Waals surface area contributed by atoms with E-state index >= 15 is 0 Å². The standard InChI is InChI=1S/C15H23N3O2/c1-18-14(8-9-17-18)6-7-15(20)16-10-12-4-2-3-5-13(12)11-19/h6-9,12-13,19H,2-5,10-11H2,1H3,(H,16,20). The van der Waals surface area contributed by atoms with Crippen LogP contribution in [0.1, 0.15) is 31.4 Å². The van der Waals surface area contributed by atoms with Crippen LogP contribution < -0.4 is 5.32 Å². The van der Waals surface area contributed by atoms with Gasteiger partial charge in [-0.15, -0.1) is 0 Å². The Labute approximate surface area is 119 Å². The van der Waals surface area contributed by atoms with E-state index in [4.69, 9.17) is 0 Å². The normalized spacial score (nSPS) is 23.1. The van der Waals surface area contributed by atoms with Crippen LogP contribution in [0.25, 0.3) is 6.08 Å². The maximum atomic E-state index is 11.8. The number of aryl methyl sites for hydroxylation is 1. The molecule has 1 aliphatic rings. The lowest BCUT2D eigenvalue weighted by Crippen LogP contribution is -2.34. The molecule has 2 unspecified atom stereocenters. The first kappa shape index (κ1) is 14.8. The molecule has 0 bridgehead atoms. The third-order valence-corrected chi connectivity index (χ3v) is 4.10.